The van der Waals surface area contributed by atoms with Gasteiger partial charge in [-0.15, -0.1) is 0 Å². The number of benzene rings is 3. The van der Waals surface area contributed by atoms with Gasteiger partial charge in [-0.1, -0.05) is 49.6 Å². The zero-order valence-electron chi connectivity index (χ0n) is 23.4. The normalized spacial score (nSPS) is 15.5. The third-order valence-electron chi connectivity index (χ3n) is 6.83. The monoisotopic (exact) mass is 619 g/mol. The molecule has 1 fully saturated rings. The lowest BCUT2D eigenvalue weighted by atomic mass is 9.90. The molecule has 3 aromatic rings. The molecule has 0 radical (unpaired) electrons. The Kier molecular flexibility index (Phi) is 8.84. The Morgan fingerprint density at radius 1 is 0.929 bits per heavy atom. The van der Waals surface area contributed by atoms with Crippen molar-refractivity contribution >= 4 is 25.5 Å². The van der Waals surface area contributed by atoms with Crippen LogP contribution in [0, 0.1) is 30.6 Å². The van der Waals surface area contributed by atoms with E-state index in [-0.39, 0.29) is 45.2 Å². The number of hydrogen-bond acceptors (Lipinski definition) is 5. The summed E-state index contributed by atoms with van der Waals surface area (Å²) in [5, 5.41) is 11.3. The van der Waals surface area contributed by atoms with Gasteiger partial charge < -0.3 is 5.11 Å². The summed E-state index contributed by atoms with van der Waals surface area (Å²) in [6, 6.07) is 16.3. The molecule has 1 N–H and O–H groups in total. The van der Waals surface area contributed by atoms with Crippen LogP contribution < -0.4 is 4.31 Å². The summed E-state index contributed by atoms with van der Waals surface area (Å²) in [4.78, 5) is -0.0815. The predicted octanol–water partition coefficient (Wildman–Crippen LogP) is 5.83. The van der Waals surface area contributed by atoms with E-state index in [0.717, 1.165) is 23.2 Å². The molecular formula is C31H32F3NO5S2. The number of anilines is 1. The van der Waals surface area contributed by atoms with Gasteiger partial charge in [0.1, 0.15) is 0 Å². The fraction of sp³-hybridized carbons (Fsp3) is 0.355. The molecule has 0 amide bonds. The van der Waals surface area contributed by atoms with Crippen molar-refractivity contribution in [1.29, 1.82) is 0 Å². The van der Waals surface area contributed by atoms with Crippen LogP contribution in [0.1, 0.15) is 43.4 Å². The SMILES string of the molecule is Cc1ccc(N(CC2CC2)S(=O)(=O)c2ccccc2)c(C(O)(C#Cc2ccc(S(=O)(=O)CC(C)C)cc2)C(F)(F)F)c1. The third-order valence-corrected chi connectivity index (χ3v) is 10.7. The van der Waals surface area contributed by atoms with Crippen LogP contribution in [0.15, 0.2) is 82.6 Å². The first kappa shape index (κ1) is 31.6. The zero-order chi connectivity index (χ0) is 30.9. The lowest BCUT2D eigenvalue weighted by Gasteiger charge is -2.33. The summed E-state index contributed by atoms with van der Waals surface area (Å²) < 4.78 is 97.6. The van der Waals surface area contributed by atoms with E-state index in [1.54, 1.807) is 19.9 Å². The Bertz CT molecular complexity index is 1710. The van der Waals surface area contributed by atoms with Crippen molar-refractivity contribution < 1.29 is 35.1 Å². The molecule has 0 saturated heterocycles. The molecule has 4 rings (SSSR count). The van der Waals surface area contributed by atoms with Crippen LogP contribution in [0.25, 0.3) is 0 Å². The number of nitrogens with zero attached hydrogens (tertiary/aromatic N) is 1. The quantitative estimate of drug-likeness (QED) is 0.305. The molecule has 6 nitrogen and oxygen atoms in total. The third kappa shape index (κ3) is 6.83. The number of aliphatic hydroxyl groups is 1. The van der Waals surface area contributed by atoms with Crippen LogP contribution in [0.3, 0.4) is 0 Å². The zero-order valence-corrected chi connectivity index (χ0v) is 25.0. The molecular weight excluding hydrogens is 587 g/mol. The first-order chi connectivity index (χ1) is 19.5. The minimum absolute atomic E-state index is 0.00985. The van der Waals surface area contributed by atoms with E-state index in [2.05, 4.69) is 5.92 Å². The van der Waals surface area contributed by atoms with Crippen LogP contribution >= 0.6 is 0 Å². The Hall–Kier alpha value is -3.33. The Morgan fingerprint density at radius 3 is 2.10 bits per heavy atom. The van der Waals surface area contributed by atoms with Crippen LogP contribution in [-0.2, 0) is 25.5 Å². The van der Waals surface area contributed by atoms with Crippen LogP contribution in [0.2, 0.25) is 0 Å². The average Bonchev–Trinajstić information content (AvgIpc) is 3.74. The van der Waals surface area contributed by atoms with Gasteiger partial charge in [0.25, 0.3) is 15.6 Å². The van der Waals surface area contributed by atoms with Gasteiger partial charge in [0.05, 0.1) is 21.2 Å². The molecule has 0 bridgehead atoms. The molecule has 0 aromatic heterocycles. The van der Waals surface area contributed by atoms with E-state index >= 15 is 0 Å². The molecule has 1 unspecified atom stereocenters. The molecule has 11 heteroatoms. The summed E-state index contributed by atoms with van der Waals surface area (Å²) in [5.74, 6) is 4.04. The summed E-state index contributed by atoms with van der Waals surface area (Å²) in [7, 11) is -7.88. The second-order valence-electron chi connectivity index (χ2n) is 11.0. The number of sulfonamides is 1. The van der Waals surface area contributed by atoms with Crippen molar-refractivity contribution in [2.45, 2.75) is 55.2 Å². The average molecular weight is 620 g/mol. The van der Waals surface area contributed by atoms with E-state index < -0.39 is 37.2 Å². The van der Waals surface area contributed by atoms with Crippen molar-refractivity contribution in [3.63, 3.8) is 0 Å². The Morgan fingerprint density at radius 2 is 1.55 bits per heavy atom. The van der Waals surface area contributed by atoms with Gasteiger partial charge in [0, 0.05) is 17.7 Å². The first-order valence-corrected chi connectivity index (χ1v) is 16.5. The lowest BCUT2D eigenvalue weighted by molar-refractivity contribution is -0.240. The smallest absolute Gasteiger partial charge is 0.366 e. The minimum atomic E-state index is -5.31. The molecule has 1 saturated carbocycles. The van der Waals surface area contributed by atoms with Gasteiger partial charge in [0.15, 0.2) is 9.84 Å². The fourth-order valence-corrected chi connectivity index (χ4v) is 7.67. The number of hydrogen-bond donors (Lipinski definition) is 1. The molecule has 1 aliphatic carbocycles. The highest BCUT2D eigenvalue weighted by atomic mass is 32.2. The van der Waals surface area contributed by atoms with Gasteiger partial charge in [-0.2, -0.15) is 13.2 Å². The largest absolute Gasteiger partial charge is 0.433 e. The molecule has 0 aliphatic heterocycles. The molecule has 42 heavy (non-hydrogen) atoms. The lowest BCUT2D eigenvalue weighted by Crippen LogP contribution is -2.43. The number of rotatable bonds is 9. The second kappa shape index (κ2) is 11.7. The highest BCUT2D eigenvalue weighted by Crippen LogP contribution is 2.45. The summed E-state index contributed by atoms with van der Waals surface area (Å²) in [6.07, 6.45) is -3.85. The number of alkyl halides is 3. The van der Waals surface area contributed by atoms with Crippen molar-refractivity contribution in [3.8, 4) is 11.8 Å². The topological polar surface area (TPSA) is 91.8 Å². The number of sulfone groups is 1. The minimum Gasteiger partial charge on any atom is -0.366 e. The van der Waals surface area contributed by atoms with Crippen LogP contribution in [0.4, 0.5) is 18.9 Å². The van der Waals surface area contributed by atoms with Gasteiger partial charge in [-0.3, -0.25) is 4.31 Å². The maximum atomic E-state index is 14.7. The van der Waals surface area contributed by atoms with Crippen molar-refractivity contribution in [2.24, 2.45) is 11.8 Å². The standard InChI is InChI=1S/C31H32F3NO5S2/c1-22(2)21-41(37,38)26-14-12-24(13-15-26)17-18-30(36,31(32,33)34)28-19-23(3)9-16-29(28)35(20-25-10-11-25)42(39,40)27-7-5-4-6-8-27/h4-9,12-16,19,22,25,36H,10-11,20-21H2,1-3H3. The van der Waals surface area contributed by atoms with E-state index in [9.17, 15) is 35.1 Å². The summed E-state index contributed by atoms with van der Waals surface area (Å²) >= 11 is 0. The van der Waals surface area contributed by atoms with Crippen LogP contribution in [0.5, 0.6) is 0 Å². The Labute approximate surface area is 245 Å². The Balaban J connectivity index is 1.84. The molecule has 1 aliphatic rings. The van der Waals surface area contributed by atoms with Gasteiger partial charge in [-0.05, 0) is 86.1 Å². The predicted molar refractivity (Wildman–Crippen MR) is 155 cm³/mol. The van der Waals surface area contributed by atoms with Gasteiger partial charge in [0.2, 0.25) is 0 Å². The van der Waals surface area contributed by atoms with Crippen molar-refractivity contribution in [1.82, 2.24) is 0 Å². The first-order valence-electron chi connectivity index (χ1n) is 13.4. The fourth-order valence-electron chi connectivity index (χ4n) is 4.47. The van der Waals surface area contributed by atoms with Gasteiger partial charge in [-0.25, -0.2) is 16.8 Å². The highest BCUT2D eigenvalue weighted by molar-refractivity contribution is 7.92. The number of halogens is 3. The maximum absolute atomic E-state index is 14.7. The van der Waals surface area contributed by atoms with E-state index in [1.165, 1.54) is 67.6 Å². The molecule has 1 atom stereocenters. The maximum Gasteiger partial charge on any atom is 0.433 e. The molecule has 0 heterocycles. The van der Waals surface area contributed by atoms with Crippen LogP contribution in [-0.4, -0.2) is 40.4 Å². The van der Waals surface area contributed by atoms with E-state index in [4.69, 9.17) is 0 Å². The summed E-state index contributed by atoms with van der Waals surface area (Å²) in [6.45, 7) is 4.99. The van der Waals surface area contributed by atoms with Crippen molar-refractivity contribution in [2.75, 3.05) is 16.6 Å². The highest BCUT2D eigenvalue weighted by Gasteiger charge is 2.56. The molecule has 3 aromatic carbocycles. The van der Waals surface area contributed by atoms with Gasteiger partial charge >= 0.3 is 6.18 Å². The van der Waals surface area contributed by atoms with Crippen molar-refractivity contribution in [3.05, 3.63) is 89.5 Å². The molecule has 224 valence electrons. The summed E-state index contributed by atoms with van der Waals surface area (Å²) in [5.41, 5.74) is -4.37. The van der Waals surface area contributed by atoms with E-state index in [1.807, 2.05) is 5.92 Å². The second-order valence-corrected chi connectivity index (χ2v) is 14.9. The number of aryl methyl sites for hydroxylation is 1. The molecule has 0 spiro atoms. The van der Waals surface area contributed by atoms with E-state index in [0.29, 0.717) is 5.56 Å².